The number of carbonyl (C=O) groups excluding carboxylic acids is 2. The molecule has 1 atom stereocenters. The second-order valence-corrected chi connectivity index (χ2v) is 9.52. The summed E-state index contributed by atoms with van der Waals surface area (Å²) in [5, 5.41) is 12.0. The molecule has 0 radical (unpaired) electrons. The summed E-state index contributed by atoms with van der Waals surface area (Å²) in [6, 6.07) is 6.68. The van der Waals surface area contributed by atoms with Crippen LogP contribution in [0, 0.1) is 0 Å². The van der Waals surface area contributed by atoms with Crippen molar-refractivity contribution in [2.24, 2.45) is 0 Å². The molecule has 0 aliphatic carbocycles. The molecule has 5 heteroatoms. The Morgan fingerprint density at radius 2 is 1.21 bits per heavy atom. The van der Waals surface area contributed by atoms with Crippen LogP contribution in [0.1, 0.15) is 121 Å². The lowest BCUT2D eigenvalue weighted by atomic mass is 10.0. The molecule has 0 bridgehead atoms. The van der Waals surface area contributed by atoms with Crippen LogP contribution < -0.4 is 5.32 Å². The predicted molar refractivity (Wildman–Crippen MR) is 140 cm³/mol. The van der Waals surface area contributed by atoms with Gasteiger partial charge in [0.1, 0.15) is 6.04 Å². The third kappa shape index (κ3) is 15.1. The van der Waals surface area contributed by atoms with Crippen LogP contribution in [0.2, 0.25) is 0 Å². The molecule has 1 aromatic carbocycles. The number of unbranched alkanes of at least 4 members (excludes halogenated alkanes) is 14. The summed E-state index contributed by atoms with van der Waals surface area (Å²) in [4.78, 5) is 24.5. The van der Waals surface area contributed by atoms with Crippen LogP contribution in [0.25, 0.3) is 0 Å². The summed E-state index contributed by atoms with van der Waals surface area (Å²) < 4.78 is 4.87. The topological polar surface area (TPSA) is 75.6 Å². The molecule has 0 aliphatic rings. The van der Waals surface area contributed by atoms with Crippen molar-refractivity contribution in [1.82, 2.24) is 5.32 Å². The van der Waals surface area contributed by atoms with Gasteiger partial charge in [0.05, 0.1) is 13.7 Å². The lowest BCUT2D eigenvalue weighted by Gasteiger charge is -2.17. The van der Waals surface area contributed by atoms with Crippen molar-refractivity contribution in [3.05, 3.63) is 35.4 Å². The van der Waals surface area contributed by atoms with Crippen molar-refractivity contribution in [3.63, 3.8) is 0 Å². The molecule has 0 heterocycles. The van der Waals surface area contributed by atoms with Gasteiger partial charge >= 0.3 is 5.97 Å². The minimum atomic E-state index is -0.686. The third-order valence-corrected chi connectivity index (χ3v) is 6.47. The van der Waals surface area contributed by atoms with Crippen LogP contribution in [-0.4, -0.2) is 30.1 Å². The molecule has 1 amide bonds. The molecule has 1 rings (SSSR count). The summed E-state index contributed by atoms with van der Waals surface area (Å²) in [6.45, 7) is 2.25. The molecular weight excluding hydrogens is 426 g/mol. The second-order valence-electron chi connectivity index (χ2n) is 9.52. The number of carbonyl (C=O) groups is 2. The van der Waals surface area contributed by atoms with E-state index in [-0.39, 0.29) is 12.5 Å². The van der Waals surface area contributed by atoms with E-state index in [1.165, 1.54) is 90.6 Å². The molecular formula is C29H49NO4. The molecule has 5 nitrogen and oxygen atoms in total. The zero-order valence-corrected chi connectivity index (χ0v) is 21.8. The highest BCUT2D eigenvalue weighted by Gasteiger charge is 2.21. The van der Waals surface area contributed by atoms with Crippen LogP contribution in [0.5, 0.6) is 0 Å². The number of rotatable bonds is 21. The molecule has 0 fully saturated rings. The van der Waals surface area contributed by atoms with E-state index in [0.717, 1.165) is 24.0 Å². The summed E-state index contributed by atoms with van der Waals surface area (Å²) in [7, 11) is 1.34. The quantitative estimate of drug-likeness (QED) is 0.154. The summed E-state index contributed by atoms with van der Waals surface area (Å²) >= 11 is 0. The Hall–Kier alpha value is -1.88. The zero-order chi connectivity index (χ0) is 24.9. The number of esters is 1. The van der Waals surface area contributed by atoms with Crippen molar-refractivity contribution in [2.75, 3.05) is 7.11 Å². The van der Waals surface area contributed by atoms with Gasteiger partial charge in [0.15, 0.2) is 0 Å². The van der Waals surface area contributed by atoms with Gasteiger partial charge in [-0.05, 0) is 17.5 Å². The average Bonchev–Trinajstić information content (AvgIpc) is 2.85. The van der Waals surface area contributed by atoms with Gasteiger partial charge in [-0.2, -0.15) is 0 Å². The molecule has 1 unspecified atom stereocenters. The van der Waals surface area contributed by atoms with Gasteiger partial charge in [-0.15, -0.1) is 0 Å². The van der Waals surface area contributed by atoms with E-state index < -0.39 is 12.0 Å². The van der Waals surface area contributed by atoms with Crippen LogP contribution in [0.15, 0.2) is 24.3 Å². The molecule has 1 aromatic rings. The first-order valence-corrected chi connectivity index (χ1v) is 13.7. The Labute approximate surface area is 208 Å². The SMILES string of the molecule is CCCCCCCCCCCCCCCCCC(=O)NC(Cc1ccc(CO)cc1)C(=O)OC. The van der Waals surface area contributed by atoms with E-state index in [9.17, 15) is 9.59 Å². The molecule has 0 aliphatic heterocycles. The standard InChI is InChI=1S/C29H49NO4/c1-3-4-5-6-7-8-9-10-11-12-13-14-15-16-17-18-28(32)30-27(29(33)34-2)23-25-19-21-26(24-31)22-20-25/h19-22,27,31H,3-18,23-24H2,1-2H3,(H,30,32). The van der Waals surface area contributed by atoms with E-state index in [4.69, 9.17) is 9.84 Å². The molecule has 0 saturated carbocycles. The van der Waals surface area contributed by atoms with Crippen LogP contribution in [-0.2, 0) is 27.4 Å². The van der Waals surface area contributed by atoms with Gasteiger partial charge in [0.2, 0.25) is 5.91 Å². The number of aliphatic hydroxyl groups is 1. The first-order chi connectivity index (χ1) is 16.6. The molecule has 2 N–H and O–H groups in total. The van der Waals surface area contributed by atoms with Gasteiger partial charge in [-0.1, -0.05) is 121 Å². The second kappa shape index (κ2) is 20.5. The maximum atomic E-state index is 12.3. The first kappa shape index (κ1) is 30.2. The maximum absolute atomic E-state index is 12.3. The lowest BCUT2D eigenvalue weighted by Crippen LogP contribution is -2.43. The van der Waals surface area contributed by atoms with Crippen molar-refractivity contribution in [2.45, 2.75) is 129 Å². The number of aliphatic hydroxyl groups excluding tert-OH is 1. The van der Waals surface area contributed by atoms with Gasteiger partial charge in [-0.3, -0.25) is 4.79 Å². The fourth-order valence-electron chi connectivity index (χ4n) is 4.28. The van der Waals surface area contributed by atoms with Crippen molar-refractivity contribution >= 4 is 11.9 Å². The average molecular weight is 476 g/mol. The molecule has 0 aromatic heterocycles. The van der Waals surface area contributed by atoms with Gasteiger partial charge in [-0.25, -0.2) is 4.79 Å². The summed E-state index contributed by atoms with van der Waals surface area (Å²) in [5.74, 6) is -0.534. The molecule has 34 heavy (non-hydrogen) atoms. The van der Waals surface area contributed by atoms with E-state index >= 15 is 0 Å². The molecule has 0 spiro atoms. The number of hydrogen-bond donors (Lipinski definition) is 2. The highest BCUT2D eigenvalue weighted by atomic mass is 16.5. The first-order valence-electron chi connectivity index (χ1n) is 13.7. The minimum Gasteiger partial charge on any atom is -0.467 e. The smallest absolute Gasteiger partial charge is 0.328 e. The highest BCUT2D eigenvalue weighted by Crippen LogP contribution is 2.14. The fraction of sp³-hybridized carbons (Fsp3) is 0.724. The minimum absolute atomic E-state index is 0.0172. The number of amides is 1. The number of methoxy groups -OCH3 is 1. The van der Waals surface area contributed by atoms with Crippen LogP contribution >= 0.6 is 0 Å². The predicted octanol–water partition coefficient (Wildman–Crippen LogP) is 6.64. The Bertz CT molecular complexity index is 644. The van der Waals surface area contributed by atoms with Gasteiger partial charge < -0.3 is 15.2 Å². The largest absolute Gasteiger partial charge is 0.467 e. The van der Waals surface area contributed by atoms with E-state index in [0.29, 0.717) is 12.8 Å². The van der Waals surface area contributed by atoms with Crippen LogP contribution in [0.4, 0.5) is 0 Å². The molecule has 0 saturated heterocycles. The van der Waals surface area contributed by atoms with Crippen molar-refractivity contribution < 1.29 is 19.4 Å². The third-order valence-electron chi connectivity index (χ3n) is 6.47. The number of ether oxygens (including phenoxy) is 1. The van der Waals surface area contributed by atoms with Crippen LogP contribution in [0.3, 0.4) is 0 Å². The number of hydrogen-bond acceptors (Lipinski definition) is 4. The van der Waals surface area contributed by atoms with E-state index in [1.54, 1.807) is 0 Å². The van der Waals surface area contributed by atoms with Crippen molar-refractivity contribution in [3.8, 4) is 0 Å². The fourth-order valence-corrected chi connectivity index (χ4v) is 4.28. The van der Waals surface area contributed by atoms with E-state index in [1.807, 2.05) is 24.3 Å². The highest BCUT2D eigenvalue weighted by molar-refractivity contribution is 5.84. The Balaban J connectivity index is 2.07. The zero-order valence-electron chi connectivity index (χ0n) is 21.8. The van der Waals surface area contributed by atoms with Gasteiger partial charge in [0, 0.05) is 12.8 Å². The lowest BCUT2D eigenvalue weighted by molar-refractivity contribution is -0.145. The maximum Gasteiger partial charge on any atom is 0.328 e. The van der Waals surface area contributed by atoms with Crippen molar-refractivity contribution in [1.29, 1.82) is 0 Å². The number of nitrogens with one attached hydrogen (secondary N) is 1. The monoisotopic (exact) mass is 475 g/mol. The Kier molecular flexibility index (Phi) is 18.2. The number of benzene rings is 1. The summed E-state index contributed by atoms with van der Waals surface area (Å²) in [6.07, 6.45) is 20.2. The van der Waals surface area contributed by atoms with Gasteiger partial charge in [0.25, 0.3) is 0 Å². The summed E-state index contributed by atoms with van der Waals surface area (Å²) in [5.41, 5.74) is 1.73. The normalized spacial score (nSPS) is 11.9. The Morgan fingerprint density at radius 1 is 0.765 bits per heavy atom. The van der Waals surface area contributed by atoms with E-state index in [2.05, 4.69) is 12.2 Å². The molecule has 194 valence electrons. The Morgan fingerprint density at radius 3 is 1.65 bits per heavy atom.